The van der Waals surface area contributed by atoms with Crippen LogP contribution in [-0.4, -0.2) is 52.6 Å². The van der Waals surface area contributed by atoms with E-state index in [2.05, 4.69) is 0 Å². The van der Waals surface area contributed by atoms with Crippen molar-refractivity contribution in [1.82, 2.24) is 0 Å². The number of nitriles is 2. The summed E-state index contributed by atoms with van der Waals surface area (Å²) in [5, 5.41) is 35.2. The second-order valence-corrected chi connectivity index (χ2v) is 14.4. The van der Waals surface area contributed by atoms with Crippen LogP contribution in [0.5, 0.6) is 0 Å². The molecule has 0 aliphatic rings. The quantitative estimate of drug-likeness (QED) is 0.0401. The minimum absolute atomic E-state index is 0.0390. The molecule has 5 nitrogen and oxygen atoms in total. The van der Waals surface area contributed by atoms with Crippen LogP contribution in [0.4, 0.5) is 87.8 Å². The summed E-state index contributed by atoms with van der Waals surface area (Å²) in [6.45, 7) is 1.23. The van der Waals surface area contributed by atoms with Crippen molar-refractivity contribution in [3.63, 3.8) is 0 Å². The Morgan fingerprint density at radius 1 is 0.435 bits per heavy atom. The lowest BCUT2D eigenvalue weighted by molar-refractivity contribution is -0.113. The Morgan fingerprint density at radius 3 is 0.790 bits per heavy atom. The first-order chi connectivity index (χ1) is 28.8. The third kappa shape index (κ3) is 8.27. The molecule has 2 N–H and O–H groups in total. The zero-order chi connectivity index (χ0) is 47.6. The van der Waals surface area contributed by atoms with Crippen LogP contribution in [0, 0.1) is 139 Å². The Morgan fingerprint density at radius 2 is 0.629 bits per heavy atom. The van der Waals surface area contributed by atoms with Gasteiger partial charge in [-0.2, -0.15) is 10.5 Å². The average Bonchev–Trinajstić information content (AvgIpc) is 3.23. The lowest BCUT2D eigenvalue weighted by atomic mass is 9.12. The second-order valence-electron chi connectivity index (χ2n) is 12.0. The molecule has 0 heterocycles. The lowest BCUT2D eigenvalue weighted by Gasteiger charge is -2.44. The van der Waals surface area contributed by atoms with E-state index in [1.54, 1.807) is 12.1 Å². The Kier molecular flexibility index (Phi) is 15.9. The number of rotatable bonds is 11. The van der Waals surface area contributed by atoms with Crippen LogP contribution in [-0.2, 0) is 15.7 Å². The largest absolute Gasteiger partial charge is 0.391 e. The van der Waals surface area contributed by atoms with Crippen LogP contribution < -0.4 is 21.9 Å². The minimum Gasteiger partial charge on any atom is -0.391 e. The van der Waals surface area contributed by atoms with Gasteiger partial charge >= 0.3 is 0 Å². The van der Waals surface area contributed by atoms with Gasteiger partial charge < -0.3 is 10.2 Å². The number of hydrogen-bond acceptors (Lipinski definition) is 5. The smallest absolute Gasteiger partial charge is 0.200 e. The molecule has 0 bridgehead atoms. The predicted molar refractivity (Wildman–Crippen MR) is 174 cm³/mol. The predicted octanol–water partition coefficient (Wildman–Crippen LogP) is 5.37. The van der Waals surface area contributed by atoms with Crippen LogP contribution in [0.2, 0.25) is 0 Å². The molecule has 0 saturated carbocycles. The highest BCUT2D eigenvalue weighted by molar-refractivity contribution is 7.97. The van der Waals surface area contributed by atoms with E-state index in [1.165, 1.54) is 6.92 Å². The van der Waals surface area contributed by atoms with Crippen LogP contribution in [0.25, 0.3) is 0 Å². The van der Waals surface area contributed by atoms with E-state index in [1.807, 2.05) is 0 Å². The first-order valence-corrected chi connectivity index (χ1v) is 17.7. The lowest BCUT2D eigenvalue weighted by Crippen LogP contribution is -2.81. The fraction of sp³-hybridized carbons (Fsp3) is 0.171. The molecule has 0 aromatic heterocycles. The molecule has 4 aromatic rings. The minimum atomic E-state index is -7.22. The molecule has 0 saturated heterocycles. The summed E-state index contributed by atoms with van der Waals surface area (Å²) in [5.74, 6) is -70.5. The van der Waals surface area contributed by atoms with Crippen molar-refractivity contribution in [1.29, 1.82) is 10.5 Å². The molecule has 27 heteroatoms. The van der Waals surface area contributed by atoms with Crippen LogP contribution in [0.1, 0.15) is 6.92 Å². The number of Topliss-reactive ketones (excluding diaryl/α,β-unsaturated/α-hetero) is 1. The van der Waals surface area contributed by atoms with Crippen molar-refractivity contribution in [3.8, 4) is 12.1 Å². The van der Waals surface area contributed by atoms with Gasteiger partial charge in [0.25, 0.3) is 0 Å². The fourth-order valence-corrected chi connectivity index (χ4v) is 7.86. The monoisotopic (exact) mass is 934 g/mol. The van der Waals surface area contributed by atoms with Crippen LogP contribution in [0.3, 0.4) is 0 Å². The van der Waals surface area contributed by atoms with Gasteiger partial charge in [-0.1, -0.05) is 0 Å². The molecule has 332 valence electrons. The summed E-state index contributed by atoms with van der Waals surface area (Å²) < 4.78 is 294. The van der Waals surface area contributed by atoms with Crippen LogP contribution in [0.15, 0.2) is 11.1 Å². The number of carbonyl (C=O) groups excluding carboxylic acids is 1. The summed E-state index contributed by atoms with van der Waals surface area (Å²) in [7, 11) is -0.380. The standard InChI is InChI=1S/C24BF20.C11H15N2O3S/c26-5-1(6(27)14(35)21(42)13(5)34)25(2-7(28)15(36)22(43)16(37)8(2)29,3-9(30)17(38)23(44)18(39)10(3)31)4-11(32)19(40)24(45)20(41)12(4)33;1-9(16)11(10(6-12)7-13)8-17(4-2-14)5-3-15/h;14-15H,2-5,8H2,1H3/q-1;+1. The van der Waals surface area contributed by atoms with Gasteiger partial charge in [-0.15, -0.1) is 21.9 Å². The zero-order valence-electron chi connectivity index (χ0n) is 29.8. The first kappa shape index (κ1) is 50.6. The Balaban J connectivity index is 0.000000509. The Labute approximate surface area is 335 Å². The second kappa shape index (κ2) is 19.5. The molecule has 0 atom stereocenters. The van der Waals surface area contributed by atoms with Gasteiger partial charge in [0.05, 0.1) is 18.8 Å². The van der Waals surface area contributed by atoms with Crippen molar-refractivity contribution in [2.45, 2.75) is 6.92 Å². The summed E-state index contributed by atoms with van der Waals surface area (Å²) >= 11 is 0. The normalized spacial score (nSPS) is 11.3. The number of halogens is 20. The number of ketones is 1. The molecule has 0 unspecified atom stereocenters. The average molecular weight is 934 g/mol. The Bertz CT molecular complexity index is 2210. The molecule has 62 heavy (non-hydrogen) atoms. The molecule has 0 radical (unpaired) electrons. The molecule has 0 aliphatic heterocycles. The molecule has 0 amide bonds. The van der Waals surface area contributed by atoms with Crippen LogP contribution >= 0.6 is 0 Å². The van der Waals surface area contributed by atoms with Crippen molar-refractivity contribution in [2.75, 3.05) is 30.5 Å². The Hall–Kier alpha value is -5.80. The number of nitrogens with zero attached hydrogens (tertiary/aromatic N) is 2. The molecule has 4 rings (SSSR count). The van der Waals surface area contributed by atoms with E-state index in [4.69, 9.17) is 20.7 Å². The summed E-state index contributed by atoms with van der Waals surface area (Å²) in [4.78, 5) is 11.4. The third-order valence-corrected chi connectivity index (χ3v) is 11.0. The van der Waals surface area contributed by atoms with E-state index >= 15 is 35.1 Å². The van der Waals surface area contributed by atoms with Crippen molar-refractivity contribution in [3.05, 3.63) is 127 Å². The summed E-state index contributed by atoms with van der Waals surface area (Å²) in [6, 6.07) is 3.40. The summed E-state index contributed by atoms with van der Waals surface area (Å²) in [5.41, 5.74) is -14.3. The van der Waals surface area contributed by atoms with Gasteiger partial charge in [-0.05, 0) is 17.8 Å². The van der Waals surface area contributed by atoms with E-state index < -0.39 is 144 Å². The number of allylic oxidation sites excluding steroid dienone is 1. The SMILES string of the molecule is CC(=O)C(C[S+](CCO)CCO)=C(C#N)C#N.Fc1c(F)c(F)c([B-](c2c(F)c(F)c(F)c(F)c2F)(c2c(F)c(F)c(F)c(F)c2F)c2c(F)c(F)c(F)c(F)c2F)c(F)c1F. The van der Waals surface area contributed by atoms with Crippen molar-refractivity contribution < 1.29 is 103 Å². The van der Waals surface area contributed by atoms with Gasteiger partial charge in [-0.3, -0.25) is 4.79 Å². The molecular formula is C35H15BF20N2O3S. The van der Waals surface area contributed by atoms with Gasteiger partial charge in [0.15, 0.2) is 75.6 Å². The van der Waals surface area contributed by atoms with Crippen molar-refractivity contribution >= 4 is 44.7 Å². The molecule has 0 aliphatic carbocycles. The van der Waals surface area contributed by atoms with E-state index in [9.17, 15) is 57.5 Å². The fourth-order valence-electron chi connectivity index (χ4n) is 6.09. The van der Waals surface area contributed by atoms with E-state index in [-0.39, 0.29) is 46.8 Å². The summed E-state index contributed by atoms with van der Waals surface area (Å²) in [6.07, 6.45) is -7.22. The maximum absolute atomic E-state index is 15.4. The number of hydrogen-bond donors (Lipinski definition) is 2. The topological polar surface area (TPSA) is 105 Å². The highest BCUT2D eigenvalue weighted by Gasteiger charge is 2.52. The highest BCUT2D eigenvalue weighted by atomic mass is 32.2. The molecular weight excluding hydrogens is 919 g/mol. The van der Waals surface area contributed by atoms with E-state index in [0.717, 1.165) is 0 Å². The number of aliphatic hydroxyl groups is 2. The molecule has 0 fully saturated rings. The number of benzene rings is 4. The van der Waals surface area contributed by atoms with Gasteiger partial charge in [0, 0.05) is 0 Å². The van der Waals surface area contributed by atoms with E-state index in [0.29, 0.717) is 11.5 Å². The zero-order valence-corrected chi connectivity index (χ0v) is 30.6. The maximum Gasteiger partial charge on any atom is 0.200 e. The third-order valence-electron chi connectivity index (χ3n) is 8.77. The highest BCUT2D eigenvalue weighted by Crippen LogP contribution is 2.30. The van der Waals surface area contributed by atoms with Gasteiger partial charge in [0.1, 0.15) is 87.7 Å². The first-order valence-electron chi connectivity index (χ1n) is 15.9. The van der Waals surface area contributed by atoms with Gasteiger partial charge in [-0.25, -0.2) is 87.8 Å². The van der Waals surface area contributed by atoms with Crippen molar-refractivity contribution in [2.24, 2.45) is 0 Å². The van der Waals surface area contributed by atoms with Gasteiger partial charge in [0.2, 0.25) is 0 Å². The maximum atomic E-state index is 15.4. The molecule has 0 spiro atoms. The number of aliphatic hydroxyl groups excluding tert-OH is 2. The number of carbonyl (C=O) groups is 1. The molecule has 4 aromatic carbocycles.